The van der Waals surface area contributed by atoms with Crippen molar-refractivity contribution < 1.29 is 0 Å². The molecule has 1 rings (SSSR count). The monoisotopic (exact) mass is 298 g/mol. The third-order valence-corrected chi connectivity index (χ3v) is 3.51. The van der Waals surface area contributed by atoms with Crippen molar-refractivity contribution >= 4 is 34.6 Å². The first kappa shape index (κ1) is 16.3. The third-order valence-electron chi connectivity index (χ3n) is 2.94. The summed E-state index contributed by atoms with van der Waals surface area (Å²) in [5, 5.41) is 7.65. The lowest BCUT2D eigenvalue weighted by atomic mass is 10.1. The van der Waals surface area contributed by atoms with Gasteiger partial charge in [-0.3, -0.25) is 0 Å². The number of para-hydroxylation sites is 1. The predicted molar refractivity (Wildman–Crippen MR) is 89.1 cm³/mol. The topological polar surface area (TPSA) is 24.1 Å². The summed E-state index contributed by atoms with van der Waals surface area (Å²) in [4.78, 5) is 0. The highest BCUT2D eigenvalue weighted by Crippen LogP contribution is 2.20. The molecule has 1 aromatic rings. The van der Waals surface area contributed by atoms with E-state index in [4.69, 9.17) is 23.8 Å². The van der Waals surface area contributed by atoms with E-state index in [1.807, 2.05) is 24.3 Å². The standard InChI is InChI=1S/C15H23ClN2S/c1-2-3-4-5-6-9-12-17-15(19)18-14-11-8-7-10-13(14)16/h7-8,10-11H,2-6,9,12H2,1H3,(H2,17,18,19). The lowest BCUT2D eigenvalue weighted by Gasteiger charge is -2.11. The van der Waals surface area contributed by atoms with Crippen molar-refractivity contribution in [2.24, 2.45) is 0 Å². The van der Waals surface area contributed by atoms with Gasteiger partial charge in [0.15, 0.2) is 5.11 Å². The molecule has 0 spiro atoms. The first-order valence-electron chi connectivity index (χ1n) is 7.03. The van der Waals surface area contributed by atoms with E-state index in [2.05, 4.69) is 17.6 Å². The van der Waals surface area contributed by atoms with E-state index >= 15 is 0 Å². The van der Waals surface area contributed by atoms with Crippen LogP contribution in [0.15, 0.2) is 24.3 Å². The van der Waals surface area contributed by atoms with Gasteiger partial charge in [-0.05, 0) is 30.8 Å². The van der Waals surface area contributed by atoms with Crippen molar-refractivity contribution in [2.75, 3.05) is 11.9 Å². The van der Waals surface area contributed by atoms with Gasteiger partial charge in [-0.2, -0.15) is 0 Å². The second-order valence-corrected chi connectivity index (χ2v) is 5.44. The molecule has 0 saturated heterocycles. The summed E-state index contributed by atoms with van der Waals surface area (Å²) in [6, 6.07) is 7.60. The second-order valence-electron chi connectivity index (χ2n) is 4.63. The van der Waals surface area contributed by atoms with E-state index in [1.54, 1.807) is 0 Å². The number of halogens is 1. The van der Waals surface area contributed by atoms with Crippen molar-refractivity contribution in [1.29, 1.82) is 0 Å². The Morgan fingerprint density at radius 1 is 1.11 bits per heavy atom. The molecule has 0 radical (unpaired) electrons. The Kier molecular flexibility index (Phi) is 8.59. The molecule has 1 aromatic carbocycles. The molecule has 0 heterocycles. The Bertz CT molecular complexity index is 382. The van der Waals surface area contributed by atoms with Crippen LogP contribution < -0.4 is 10.6 Å². The minimum absolute atomic E-state index is 0.640. The average Bonchev–Trinajstić information content (AvgIpc) is 2.40. The van der Waals surface area contributed by atoms with Crippen molar-refractivity contribution in [2.45, 2.75) is 45.4 Å². The van der Waals surface area contributed by atoms with Crippen LogP contribution in [-0.2, 0) is 0 Å². The Balaban J connectivity index is 2.10. The van der Waals surface area contributed by atoms with Crippen LogP contribution in [0.3, 0.4) is 0 Å². The van der Waals surface area contributed by atoms with E-state index in [0.717, 1.165) is 18.7 Å². The van der Waals surface area contributed by atoms with Gasteiger partial charge in [-0.25, -0.2) is 0 Å². The number of nitrogens with one attached hydrogen (secondary N) is 2. The van der Waals surface area contributed by atoms with Gasteiger partial charge in [0, 0.05) is 6.54 Å². The Morgan fingerprint density at radius 3 is 2.53 bits per heavy atom. The number of hydrogen-bond acceptors (Lipinski definition) is 1. The molecule has 106 valence electrons. The van der Waals surface area contributed by atoms with Gasteiger partial charge in [0.25, 0.3) is 0 Å². The maximum Gasteiger partial charge on any atom is 0.170 e. The molecule has 0 unspecified atom stereocenters. The van der Waals surface area contributed by atoms with Crippen LogP contribution in [0.5, 0.6) is 0 Å². The fourth-order valence-corrected chi connectivity index (χ4v) is 2.23. The highest BCUT2D eigenvalue weighted by Gasteiger charge is 2.00. The summed E-state index contributed by atoms with van der Waals surface area (Å²) in [5.74, 6) is 0. The van der Waals surface area contributed by atoms with Crippen LogP contribution in [0.4, 0.5) is 5.69 Å². The SMILES string of the molecule is CCCCCCCCNC(=S)Nc1ccccc1Cl. The minimum Gasteiger partial charge on any atom is -0.362 e. The summed E-state index contributed by atoms with van der Waals surface area (Å²) >= 11 is 11.3. The van der Waals surface area contributed by atoms with Crippen LogP contribution >= 0.6 is 23.8 Å². The number of anilines is 1. The molecule has 2 N–H and O–H groups in total. The van der Waals surface area contributed by atoms with Gasteiger partial charge in [-0.1, -0.05) is 62.8 Å². The van der Waals surface area contributed by atoms with Gasteiger partial charge in [0.05, 0.1) is 10.7 Å². The van der Waals surface area contributed by atoms with Gasteiger partial charge >= 0.3 is 0 Å². The summed E-state index contributed by atoms with van der Waals surface area (Å²) in [6.07, 6.45) is 7.73. The molecule has 0 atom stereocenters. The second kappa shape index (κ2) is 10.0. The predicted octanol–water partition coefficient (Wildman–Crippen LogP) is 4.99. The van der Waals surface area contributed by atoms with Gasteiger partial charge in [0.2, 0.25) is 0 Å². The number of unbranched alkanes of at least 4 members (excludes halogenated alkanes) is 5. The summed E-state index contributed by atoms with van der Waals surface area (Å²) in [6.45, 7) is 3.16. The molecule has 2 nitrogen and oxygen atoms in total. The Hall–Kier alpha value is -0.800. The van der Waals surface area contributed by atoms with Crippen LogP contribution in [0.2, 0.25) is 5.02 Å². The zero-order valence-corrected chi connectivity index (χ0v) is 13.1. The molecule has 0 saturated carbocycles. The van der Waals surface area contributed by atoms with Crippen molar-refractivity contribution in [3.05, 3.63) is 29.3 Å². The first-order valence-corrected chi connectivity index (χ1v) is 7.82. The largest absolute Gasteiger partial charge is 0.362 e. The quantitative estimate of drug-likeness (QED) is 0.522. The van der Waals surface area contributed by atoms with E-state index in [1.165, 1.54) is 32.1 Å². The van der Waals surface area contributed by atoms with Crippen LogP contribution in [0, 0.1) is 0 Å². The maximum absolute atomic E-state index is 6.05. The van der Waals surface area contributed by atoms with Crippen LogP contribution in [0.1, 0.15) is 45.4 Å². The molecule has 19 heavy (non-hydrogen) atoms. The number of rotatable bonds is 8. The molecule has 0 aliphatic heterocycles. The molecule has 0 aromatic heterocycles. The van der Waals surface area contributed by atoms with Gasteiger partial charge in [0.1, 0.15) is 0 Å². The van der Waals surface area contributed by atoms with E-state index < -0.39 is 0 Å². The highest BCUT2D eigenvalue weighted by atomic mass is 35.5. The first-order chi connectivity index (χ1) is 9.24. The zero-order valence-electron chi connectivity index (χ0n) is 11.5. The Labute approximate surface area is 126 Å². The molecular formula is C15H23ClN2S. The average molecular weight is 299 g/mol. The normalized spacial score (nSPS) is 10.2. The van der Waals surface area contributed by atoms with Crippen LogP contribution in [-0.4, -0.2) is 11.7 Å². The summed E-state index contributed by atoms with van der Waals surface area (Å²) in [7, 11) is 0. The zero-order chi connectivity index (χ0) is 13.9. The third kappa shape index (κ3) is 7.38. The van der Waals surface area contributed by atoms with Crippen molar-refractivity contribution in [3.63, 3.8) is 0 Å². The lowest BCUT2D eigenvalue weighted by molar-refractivity contribution is 0.603. The van der Waals surface area contributed by atoms with Crippen LogP contribution in [0.25, 0.3) is 0 Å². The fourth-order valence-electron chi connectivity index (χ4n) is 1.84. The molecule has 0 bridgehead atoms. The lowest BCUT2D eigenvalue weighted by Crippen LogP contribution is -2.29. The molecule has 4 heteroatoms. The molecule has 0 aliphatic carbocycles. The number of hydrogen-bond donors (Lipinski definition) is 2. The smallest absolute Gasteiger partial charge is 0.170 e. The van der Waals surface area contributed by atoms with E-state index in [-0.39, 0.29) is 0 Å². The fraction of sp³-hybridized carbons (Fsp3) is 0.533. The highest BCUT2D eigenvalue weighted by molar-refractivity contribution is 7.80. The number of thiocarbonyl (C=S) groups is 1. The summed E-state index contributed by atoms with van der Waals surface area (Å²) in [5.41, 5.74) is 0.851. The van der Waals surface area contributed by atoms with E-state index in [9.17, 15) is 0 Å². The van der Waals surface area contributed by atoms with Crippen molar-refractivity contribution in [3.8, 4) is 0 Å². The molecule has 0 aliphatic rings. The maximum atomic E-state index is 6.05. The summed E-state index contributed by atoms with van der Waals surface area (Å²) < 4.78 is 0. The van der Waals surface area contributed by atoms with E-state index in [0.29, 0.717) is 10.1 Å². The molecular weight excluding hydrogens is 276 g/mol. The van der Waals surface area contributed by atoms with Gasteiger partial charge < -0.3 is 10.6 Å². The molecule has 0 fully saturated rings. The minimum atomic E-state index is 0.640. The van der Waals surface area contributed by atoms with Gasteiger partial charge in [-0.15, -0.1) is 0 Å². The number of benzene rings is 1. The molecule has 0 amide bonds. The Morgan fingerprint density at radius 2 is 1.79 bits per heavy atom. The van der Waals surface area contributed by atoms with Crippen molar-refractivity contribution in [1.82, 2.24) is 5.32 Å².